The fourth-order valence-electron chi connectivity index (χ4n) is 3.25. The highest BCUT2D eigenvalue weighted by atomic mass is 19.4. The molecule has 3 rings (SSSR count). The van der Waals surface area contributed by atoms with Crippen molar-refractivity contribution in [3.63, 3.8) is 0 Å². The van der Waals surface area contributed by atoms with Gasteiger partial charge in [0.25, 0.3) is 0 Å². The monoisotopic (exact) mass is 391 g/mol. The van der Waals surface area contributed by atoms with Crippen molar-refractivity contribution >= 4 is 23.2 Å². The average molecular weight is 391 g/mol. The molecule has 0 bridgehead atoms. The van der Waals surface area contributed by atoms with Gasteiger partial charge in [0.05, 0.1) is 24.3 Å². The van der Waals surface area contributed by atoms with Gasteiger partial charge in [-0.25, -0.2) is 0 Å². The van der Waals surface area contributed by atoms with Gasteiger partial charge in [0.1, 0.15) is 6.04 Å². The van der Waals surface area contributed by atoms with E-state index in [2.05, 4.69) is 5.32 Å². The average Bonchev–Trinajstić information content (AvgIpc) is 2.77. The maximum atomic E-state index is 13.7. The van der Waals surface area contributed by atoms with Gasteiger partial charge >= 0.3 is 6.18 Å². The molecule has 0 aliphatic carbocycles. The number of nitrogens with one attached hydrogen (secondary N) is 1. The van der Waals surface area contributed by atoms with Gasteiger partial charge in [-0.2, -0.15) is 13.2 Å². The van der Waals surface area contributed by atoms with Gasteiger partial charge in [0.15, 0.2) is 0 Å². The number of hydrogen-bond acceptors (Lipinski definition) is 3. The van der Waals surface area contributed by atoms with Crippen LogP contribution in [0.4, 0.5) is 24.5 Å². The summed E-state index contributed by atoms with van der Waals surface area (Å²) in [6.07, 6.45) is -5.57. The molecule has 1 heterocycles. The summed E-state index contributed by atoms with van der Waals surface area (Å²) in [6.45, 7) is 0.194. The van der Waals surface area contributed by atoms with E-state index in [0.29, 0.717) is 11.4 Å². The van der Waals surface area contributed by atoms with E-state index in [0.717, 1.165) is 5.56 Å². The summed E-state index contributed by atoms with van der Waals surface area (Å²) in [6, 6.07) is 13.1. The molecule has 0 unspecified atom stereocenters. The standard InChI is InChI=1S/C20H20F3N3O2/c1-25(12-14-7-3-2-4-8-14)13-19(28)26-16-10-6-5-9-15(16)24-18(27)11-17(26)20(21,22)23/h2-10,17H,11-13H2,1H3,(H,24,27)/t17-/m1/s1. The number of alkyl halides is 3. The van der Waals surface area contributed by atoms with E-state index in [1.807, 2.05) is 30.3 Å². The number of benzene rings is 2. The Balaban J connectivity index is 1.88. The number of halogens is 3. The number of likely N-dealkylation sites (N-methyl/N-ethyl adjacent to an activating group) is 1. The Morgan fingerprint density at radius 1 is 1.14 bits per heavy atom. The van der Waals surface area contributed by atoms with Gasteiger partial charge in [-0.1, -0.05) is 42.5 Å². The largest absolute Gasteiger partial charge is 0.409 e. The van der Waals surface area contributed by atoms with Crippen molar-refractivity contribution in [3.05, 3.63) is 60.2 Å². The molecule has 5 nitrogen and oxygen atoms in total. The molecule has 2 aromatic rings. The summed E-state index contributed by atoms with van der Waals surface area (Å²) in [4.78, 5) is 27.2. The number of carbonyl (C=O) groups is 2. The Labute approximate surface area is 160 Å². The minimum atomic E-state index is -4.73. The normalized spacial score (nSPS) is 17.1. The Morgan fingerprint density at radius 2 is 1.79 bits per heavy atom. The van der Waals surface area contributed by atoms with Crippen molar-refractivity contribution in [2.24, 2.45) is 0 Å². The first kappa shape index (κ1) is 19.9. The number of para-hydroxylation sites is 2. The van der Waals surface area contributed by atoms with E-state index >= 15 is 0 Å². The molecule has 2 amide bonds. The third kappa shape index (κ3) is 4.51. The molecule has 1 atom stereocenters. The van der Waals surface area contributed by atoms with E-state index in [-0.39, 0.29) is 17.9 Å². The highest BCUT2D eigenvalue weighted by molar-refractivity contribution is 6.05. The van der Waals surface area contributed by atoms with Crippen molar-refractivity contribution in [3.8, 4) is 0 Å². The van der Waals surface area contributed by atoms with Crippen molar-refractivity contribution < 1.29 is 22.8 Å². The molecule has 0 radical (unpaired) electrons. The number of rotatable bonds is 4. The van der Waals surface area contributed by atoms with Crippen LogP contribution in [-0.4, -0.2) is 42.5 Å². The Morgan fingerprint density at radius 3 is 2.46 bits per heavy atom. The smallest absolute Gasteiger partial charge is 0.324 e. The zero-order chi connectivity index (χ0) is 20.3. The van der Waals surface area contributed by atoms with E-state index in [9.17, 15) is 22.8 Å². The predicted octanol–water partition coefficient (Wildman–Crippen LogP) is 3.42. The van der Waals surface area contributed by atoms with Crippen LogP contribution >= 0.6 is 0 Å². The zero-order valence-corrected chi connectivity index (χ0v) is 15.2. The number of hydrogen-bond donors (Lipinski definition) is 1. The van der Waals surface area contributed by atoms with Gasteiger partial charge in [-0.05, 0) is 24.7 Å². The molecule has 0 fully saturated rings. The quantitative estimate of drug-likeness (QED) is 0.869. The summed E-state index contributed by atoms with van der Waals surface area (Å²) < 4.78 is 41.1. The van der Waals surface area contributed by atoms with E-state index in [1.54, 1.807) is 18.0 Å². The molecule has 0 saturated heterocycles. The third-order valence-electron chi connectivity index (χ3n) is 4.48. The molecule has 0 aromatic heterocycles. The van der Waals surface area contributed by atoms with Gasteiger partial charge in [-0.3, -0.25) is 19.4 Å². The number of amides is 2. The van der Waals surface area contributed by atoms with Crippen LogP contribution in [0.25, 0.3) is 0 Å². The van der Waals surface area contributed by atoms with Crippen molar-refractivity contribution in [2.75, 3.05) is 23.8 Å². The van der Waals surface area contributed by atoms with Crippen molar-refractivity contribution in [1.82, 2.24) is 4.90 Å². The van der Waals surface area contributed by atoms with E-state index < -0.39 is 30.5 Å². The lowest BCUT2D eigenvalue weighted by Crippen LogP contribution is -2.52. The Kier molecular flexibility index (Phi) is 5.69. The van der Waals surface area contributed by atoms with Crippen LogP contribution in [0.15, 0.2) is 54.6 Å². The summed E-state index contributed by atoms with van der Waals surface area (Å²) in [5, 5.41) is 2.46. The first-order chi connectivity index (χ1) is 13.3. The van der Waals surface area contributed by atoms with Crippen LogP contribution < -0.4 is 10.2 Å². The molecule has 1 N–H and O–H groups in total. The molecular formula is C20H20F3N3O2. The topological polar surface area (TPSA) is 52.7 Å². The second-order valence-corrected chi connectivity index (χ2v) is 6.75. The number of anilines is 2. The number of fused-ring (bicyclic) bond motifs is 1. The molecule has 148 valence electrons. The second-order valence-electron chi connectivity index (χ2n) is 6.75. The van der Waals surface area contributed by atoms with Crippen LogP contribution in [0.5, 0.6) is 0 Å². The zero-order valence-electron chi connectivity index (χ0n) is 15.2. The lowest BCUT2D eigenvalue weighted by molar-refractivity contribution is -0.158. The molecule has 0 saturated carbocycles. The van der Waals surface area contributed by atoms with Crippen LogP contribution in [-0.2, 0) is 16.1 Å². The first-order valence-electron chi connectivity index (χ1n) is 8.76. The maximum Gasteiger partial charge on any atom is 0.409 e. The summed E-state index contributed by atoms with van der Waals surface area (Å²) in [7, 11) is 1.67. The van der Waals surface area contributed by atoms with Gasteiger partial charge in [-0.15, -0.1) is 0 Å². The van der Waals surface area contributed by atoms with Crippen molar-refractivity contribution in [2.45, 2.75) is 25.2 Å². The molecular weight excluding hydrogens is 371 g/mol. The molecule has 8 heteroatoms. The highest BCUT2D eigenvalue weighted by Crippen LogP contribution is 2.37. The summed E-state index contributed by atoms with van der Waals surface area (Å²) in [5.41, 5.74) is 1.19. The van der Waals surface area contributed by atoms with Crippen LogP contribution in [0, 0.1) is 0 Å². The molecule has 0 spiro atoms. The minimum absolute atomic E-state index is 0.0498. The van der Waals surface area contributed by atoms with Gasteiger partial charge in [0.2, 0.25) is 11.8 Å². The maximum absolute atomic E-state index is 13.7. The van der Waals surface area contributed by atoms with E-state index in [4.69, 9.17) is 0 Å². The third-order valence-corrected chi connectivity index (χ3v) is 4.48. The molecule has 2 aromatic carbocycles. The van der Waals surface area contributed by atoms with Gasteiger partial charge < -0.3 is 5.32 Å². The first-order valence-corrected chi connectivity index (χ1v) is 8.76. The number of carbonyl (C=O) groups excluding carboxylic acids is 2. The van der Waals surface area contributed by atoms with Crippen LogP contribution in [0.1, 0.15) is 12.0 Å². The fourth-order valence-corrected chi connectivity index (χ4v) is 3.25. The molecule has 1 aliphatic heterocycles. The van der Waals surface area contributed by atoms with Crippen LogP contribution in [0.3, 0.4) is 0 Å². The Hall–Kier alpha value is -2.87. The lowest BCUT2D eigenvalue weighted by Gasteiger charge is -2.33. The van der Waals surface area contributed by atoms with E-state index in [1.165, 1.54) is 18.2 Å². The number of nitrogens with zero attached hydrogens (tertiary/aromatic N) is 2. The Bertz CT molecular complexity index is 855. The van der Waals surface area contributed by atoms with Gasteiger partial charge in [0, 0.05) is 6.54 Å². The van der Waals surface area contributed by atoms with Crippen molar-refractivity contribution in [1.29, 1.82) is 0 Å². The summed E-state index contributed by atoms with van der Waals surface area (Å²) >= 11 is 0. The lowest BCUT2D eigenvalue weighted by atomic mass is 10.1. The molecule has 1 aliphatic rings. The highest BCUT2D eigenvalue weighted by Gasteiger charge is 2.49. The minimum Gasteiger partial charge on any atom is -0.324 e. The van der Waals surface area contributed by atoms with Crippen LogP contribution in [0.2, 0.25) is 0 Å². The summed E-state index contributed by atoms with van der Waals surface area (Å²) in [5.74, 6) is -1.49. The predicted molar refractivity (Wildman–Crippen MR) is 99.8 cm³/mol. The molecule has 28 heavy (non-hydrogen) atoms. The second kappa shape index (κ2) is 8.02. The fraction of sp³-hybridized carbons (Fsp3) is 0.300. The SMILES string of the molecule is CN(CC(=O)N1c2ccccc2NC(=O)C[C@@H]1C(F)(F)F)Cc1ccccc1.